The maximum atomic E-state index is 12.6. The summed E-state index contributed by atoms with van der Waals surface area (Å²) in [5.41, 5.74) is 1.47. The number of benzene rings is 2. The molecule has 1 fully saturated rings. The van der Waals surface area contributed by atoms with Crippen LogP contribution in [-0.2, 0) is 9.59 Å². The molecular formula is C22H16ClN3O3S2. The molecule has 0 radical (unpaired) electrons. The summed E-state index contributed by atoms with van der Waals surface area (Å²) >= 11 is 8.39. The Balaban J connectivity index is 1.82. The van der Waals surface area contributed by atoms with Crippen molar-refractivity contribution in [3.8, 4) is 5.75 Å². The molecule has 2 amide bonds. The Labute approximate surface area is 192 Å². The molecule has 1 saturated heterocycles. The number of amides is 2. The van der Waals surface area contributed by atoms with Crippen molar-refractivity contribution in [2.45, 2.75) is 16.8 Å². The minimum absolute atomic E-state index is 0.103. The fourth-order valence-electron chi connectivity index (χ4n) is 2.99. The van der Waals surface area contributed by atoms with E-state index in [-0.39, 0.29) is 5.17 Å². The zero-order chi connectivity index (χ0) is 22.1. The molecule has 0 unspecified atom stereocenters. The highest BCUT2D eigenvalue weighted by atomic mass is 35.5. The second-order valence-electron chi connectivity index (χ2n) is 6.57. The van der Waals surface area contributed by atoms with Crippen LogP contribution in [0, 0.1) is 5.41 Å². The molecule has 2 heterocycles. The second kappa shape index (κ2) is 8.74. The number of halogens is 1. The number of nitrogens with zero attached hydrogens (tertiary/aromatic N) is 2. The molecule has 0 aliphatic carbocycles. The third-order valence-electron chi connectivity index (χ3n) is 4.47. The molecule has 156 valence electrons. The highest BCUT2D eigenvalue weighted by Gasteiger charge is 2.35. The van der Waals surface area contributed by atoms with Crippen LogP contribution in [0.15, 0.2) is 63.4 Å². The van der Waals surface area contributed by atoms with Gasteiger partial charge in [-0.1, -0.05) is 23.4 Å². The van der Waals surface area contributed by atoms with Crippen LogP contribution in [0.4, 0.5) is 0 Å². The summed E-state index contributed by atoms with van der Waals surface area (Å²) < 4.78 is 5.31. The number of ether oxygens (including phenoxy) is 1. The Kier molecular flexibility index (Phi) is 6.04. The Morgan fingerprint density at radius 3 is 2.61 bits per heavy atom. The van der Waals surface area contributed by atoms with Crippen LogP contribution in [0.5, 0.6) is 5.75 Å². The average Bonchev–Trinajstić information content (AvgIpc) is 3.02. The van der Waals surface area contributed by atoms with Gasteiger partial charge >= 0.3 is 0 Å². The topological polar surface area (TPSA) is 83.4 Å². The monoisotopic (exact) mass is 469 g/mol. The molecule has 9 heteroatoms. The summed E-state index contributed by atoms with van der Waals surface area (Å²) in [5.74, 6) is -0.286. The Hall–Kier alpha value is -2.81. The van der Waals surface area contributed by atoms with Crippen LogP contribution in [0.2, 0.25) is 5.02 Å². The first-order chi connectivity index (χ1) is 14.9. The first kappa shape index (κ1) is 21.4. The van der Waals surface area contributed by atoms with Gasteiger partial charge in [0.05, 0.1) is 17.5 Å². The normalized spacial score (nSPS) is 15.2. The molecule has 1 aromatic heterocycles. The Morgan fingerprint density at radius 1 is 1.23 bits per heavy atom. The molecule has 2 aromatic carbocycles. The van der Waals surface area contributed by atoms with Gasteiger partial charge in [0.1, 0.15) is 10.8 Å². The lowest BCUT2D eigenvalue weighted by Crippen LogP contribution is -2.32. The molecule has 1 aliphatic rings. The zero-order valence-corrected chi connectivity index (χ0v) is 18.9. The molecule has 31 heavy (non-hydrogen) atoms. The molecule has 4 rings (SSSR count). The fourth-order valence-corrected chi connectivity index (χ4v) is 4.86. The lowest BCUT2D eigenvalue weighted by molar-refractivity contribution is -0.135. The lowest BCUT2D eigenvalue weighted by Gasteiger charge is -2.10. The van der Waals surface area contributed by atoms with Crippen molar-refractivity contribution in [2.75, 3.05) is 7.11 Å². The van der Waals surface area contributed by atoms with Crippen molar-refractivity contribution >= 4 is 69.1 Å². The number of pyridine rings is 1. The lowest BCUT2D eigenvalue weighted by atomic mass is 10.1. The van der Waals surface area contributed by atoms with E-state index in [2.05, 4.69) is 0 Å². The summed E-state index contributed by atoms with van der Waals surface area (Å²) in [4.78, 5) is 31.2. The number of thioether (sulfide) groups is 1. The van der Waals surface area contributed by atoms with Crippen molar-refractivity contribution < 1.29 is 14.3 Å². The van der Waals surface area contributed by atoms with E-state index in [4.69, 9.17) is 26.7 Å². The number of methoxy groups -OCH3 is 1. The van der Waals surface area contributed by atoms with Gasteiger partial charge in [0.25, 0.3) is 5.91 Å². The summed E-state index contributed by atoms with van der Waals surface area (Å²) in [6.45, 7) is 1.27. The standard InChI is InChI=1S/C22H16ClN3O3S2/c1-12(27)26-21(28)19(31-22(26)24)10-14-9-13-3-6-16(29-2)11-18(13)25-20(14)30-17-7-4-15(23)5-8-17/h3-11,24H,1-2H3/b19-10+,24-22?. The summed E-state index contributed by atoms with van der Waals surface area (Å²) in [6, 6.07) is 14.9. The minimum Gasteiger partial charge on any atom is -0.497 e. The van der Waals surface area contributed by atoms with Crippen LogP contribution < -0.4 is 4.74 Å². The quantitative estimate of drug-likeness (QED) is 0.512. The predicted octanol–water partition coefficient (Wildman–Crippen LogP) is 5.45. The van der Waals surface area contributed by atoms with E-state index in [1.54, 1.807) is 25.3 Å². The number of hydrogen-bond acceptors (Lipinski definition) is 7. The number of hydrogen-bond donors (Lipinski definition) is 1. The Morgan fingerprint density at radius 2 is 1.97 bits per heavy atom. The Bertz CT molecular complexity index is 1260. The van der Waals surface area contributed by atoms with E-state index in [0.29, 0.717) is 26.3 Å². The van der Waals surface area contributed by atoms with Gasteiger partial charge in [0.15, 0.2) is 5.17 Å². The molecule has 6 nitrogen and oxygen atoms in total. The van der Waals surface area contributed by atoms with Crippen molar-refractivity contribution in [3.05, 3.63) is 64.0 Å². The van der Waals surface area contributed by atoms with Crippen molar-refractivity contribution in [2.24, 2.45) is 0 Å². The number of nitrogens with one attached hydrogen (secondary N) is 1. The van der Waals surface area contributed by atoms with Gasteiger partial charge in [-0.2, -0.15) is 0 Å². The van der Waals surface area contributed by atoms with Gasteiger partial charge in [0, 0.05) is 33.9 Å². The van der Waals surface area contributed by atoms with Crippen LogP contribution in [-0.4, -0.2) is 34.0 Å². The molecule has 1 aliphatic heterocycles. The number of carbonyl (C=O) groups is 2. The van der Waals surface area contributed by atoms with E-state index in [1.165, 1.54) is 18.7 Å². The van der Waals surface area contributed by atoms with Gasteiger partial charge in [-0.15, -0.1) is 0 Å². The molecule has 0 spiro atoms. The number of carbonyl (C=O) groups excluding carboxylic acids is 2. The van der Waals surface area contributed by atoms with Gasteiger partial charge in [-0.25, -0.2) is 9.88 Å². The summed E-state index contributed by atoms with van der Waals surface area (Å²) in [7, 11) is 1.60. The van der Waals surface area contributed by atoms with E-state index >= 15 is 0 Å². The first-order valence-electron chi connectivity index (χ1n) is 9.11. The van der Waals surface area contributed by atoms with Gasteiger partial charge < -0.3 is 4.74 Å². The van der Waals surface area contributed by atoms with Crippen LogP contribution in [0.3, 0.4) is 0 Å². The number of amidine groups is 1. The molecule has 3 aromatic rings. The summed E-state index contributed by atoms with van der Waals surface area (Å²) in [5, 5.41) is 10.0. The van der Waals surface area contributed by atoms with Gasteiger partial charge in [-0.3, -0.25) is 15.0 Å². The average molecular weight is 470 g/mol. The largest absolute Gasteiger partial charge is 0.497 e. The number of rotatable bonds is 4. The molecular weight excluding hydrogens is 454 g/mol. The maximum Gasteiger partial charge on any atom is 0.273 e. The van der Waals surface area contributed by atoms with E-state index in [9.17, 15) is 9.59 Å². The fraction of sp³-hybridized carbons (Fsp3) is 0.0909. The number of fused-ring (bicyclic) bond motifs is 1. The van der Waals surface area contributed by atoms with Crippen LogP contribution in [0.1, 0.15) is 12.5 Å². The smallest absolute Gasteiger partial charge is 0.273 e. The second-order valence-corrected chi connectivity index (χ2v) is 9.10. The summed E-state index contributed by atoms with van der Waals surface area (Å²) in [6.07, 6.45) is 1.68. The highest BCUT2D eigenvalue weighted by molar-refractivity contribution is 8.18. The third kappa shape index (κ3) is 4.46. The highest BCUT2D eigenvalue weighted by Crippen LogP contribution is 2.37. The van der Waals surface area contributed by atoms with E-state index < -0.39 is 11.8 Å². The maximum absolute atomic E-state index is 12.6. The zero-order valence-electron chi connectivity index (χ0n) is 16.5. The van der Waals surface area contributed by atoms with Crippen LogP contribution in [0.25, 0.3) is 17.0 Å². The SMILES string of the molecule is COc1ccc2cc(/C=C3/SC(=N)N(C(C)=O)C3=O)c(Sc3ccc(Cl)cc3)nc2c1. The molecule has 0 bridgehead atoms. The number of imide groups is 1. The predicted molar refractivity (Wildman–Crippen MR) is 125 cm³/mol. The first-order valence-corrected chi connectivity index (χ1v) is 11.1. The van der Waals surface area contributed by atoms with Crippen LogP contribution >= 0.6 is 35.1 Å². The molecule has 0 atom stereocenters. The van der Waals surface area contributed by atoms with Gasteiger partial charge in [0.2, 0.25) is 5.91 Å². The molecule has 1 N–H and O–H groups in total. The third-order valence-corrected chi connectivity index (χ3v) is 6.64. The van der Waals surface area contributed by atoms with Crippen molar-refractivity contribution in [3.63, 3.8) is 0 Å². The van der Waals surface area contributed by atoms with Crippen molar-refractivity contribution in [1.82, 2.24) is 9.88 Å². The van der Waals surface area contributed by atoms with Crippen molar-refractivity contribution in [1.29, 1.82) is 5.41 Å². The van der Waals surface area contributed by atoms with E-state index in [1.807, 2.05) is 36.4 Å². The number of aromatic nitrogens is 1. The minimum atomic E-state index is -0.500. The van der Waals surface area contributed by atoms with Gasteiger partial charge in [-0.05, 0) is 60.3 Å². The van der Waals surface area contributed by atoms with E-state index in [0.717, 1.165) is 32.5 Å². The molecule has 0 saturated carbocycles.